The molecule has 0 radical (unpaired) electrons. The smallest absolute Gasteiger partial charge is 0.134 e. The highest BCUT2D eigenvalue weighted by Gasteiger charge is 2.24. The first-order chi connectivity index (χ1) is 9.74. The van der Waals surface area contributed by atoms with Crippen molar-refractivity contribution in [3.63, 3.8) is 0 Å². The van der Waals surface area contributed by atoms with E-state index in [0.717, 1.165) is 36.0 Å². The molecular formula is C17H23NO2. The Bertz CT molecular complexity index is 530. The monoisotopic (exact) mass is 273 g/mol. The van der Waals surface area contributed by atoms with Crippen LogP contribution in [0.5, 0.6) is 0 Å². The fourth-order valence-corrected chi connectivity index (χ4v) is 3.10. The second kappa shape index (κ2) is 5.98. The van der Waals surface area contributed by atoms with E-state index < -0.39 is 0 Å². The number of hydrogen-bond donors (Lipinski definition) is 2. The lowest BCUT2D eigenvalue weighted by Gasteiger charge is -2.25. The molecule has 1 aromatic heterocycles. The minimum Gasteiger partial charge on any atom is -0.459 e. The summed E-state index contributed by atoms with van der Waals surface area (Å²) in [6.45, 7) is 2.11. The molecule has 1 aliphatic rings. The molecule has 1 fully saturated rings. The molecule has 108 valence electrons. The highest BCUT2D eigenvalue weighted by atomic mass is 16.3. The highest BCUT2D eigenvalue weighted by Crippen LogP contribution is 2.26. The largest absolute Gasteiger partial charge is 0.459 e. The molecule has 2 aromatic rings. The standard InChI is InChI=1S/C17H23NO2/c1-12(18-14-8-3-2-4-9-15(14)19)17-11-13-7-5-6-10-16(13)20-17/h5-7,10-12,14-15,18-19H,2-4,8-9H2,1H3. The Morgan fingerprint density at radius 1 is 1.20 bits per heavy atom. The minimum atomic E-state index is -0.232. The van der Waals surface area contributed by atoms with Crippen LogP contribution in [0.3, 0.4) is 0 Å². The van der Waals surface area contributed by atoms with Crippen molar-refractivity contribution in [1.29, 1.82) is 0 Å². The summed E-state index contributed by atoms with van der Waals surface area (Å²) in [4.78, 5) is 0. The molecule has 3 heteroatoms. The fourth-order valence-electron chi connectivity index (χ4n) is 3.10. The summed E-state index contributed by atoms with van der Waals surface area (Å²) in [7, 11) is 0. The predicted octanol–water partition coefficient (Wildman–Crippen LogP) is 3.78. The van der Waals surface area contributed by atoms with Gasteiger partial charge in [-0.15, -0.1) is 0 Å². The molecule has 2 N–H and O–H groups in total. The first kappa shape index (κ1) is 13.7. The average Bonchev–Trinajstić information content (AvgIpc) is 2.79. The normalized spacial score (nSPS) is 25.5. The van der Waals surface area contributed by atoms with Crippen molar-refractivity contribution in [2.75, 3.05) is 0 Å². The van der Waals surface area contributed by atoms with Crippen LogP contribution in [0.2, 0.25) is 0 Å². The molecule has 20 heavy (non-hydrogen) atoms. The first-order valence-electron chi connectivity index (χ1n) is 7.66. The first-order valence-corrected chi connectivity index (χ1v) is 7.66. The summed E-state index contributed by atoms with van der Waals surface area (Å²) in [6.07, 6.45) is 5.29. The van der Waals surface area contributed by atoms with E-state index in [2.05, 4.69) is 24.4 Å². The van der Waals surface area contributed by atoms with E-state index in [4.69, 9.17) is 4.42 Å². The maximum Gasteiger partial charge on any atom is 0.134 e. The van der Waals surface area contributed by atoms with E-state index in [0.29, 0.717) is 0 Å². The maximum absolute atomic E-state index is 10.2. The van der Waals surface area contributed by atoms with E-state index in [9.17, 15) is 5.11 Å². The molecule has 1 aromatic carbocycles. The number of aliphatic hydroxyl groups excluding tert-OH is 1. The van der Waals surface area contributed by atoms with Crippen LogP contribution >= 0.6 is 0 Å². The van der Waals surface area contributed by atoms with E-state index in [-0.39, 0.29) is 18.2 Å². The SMILES string of the molecule is CC(NC1CCCCCC1O)c1cc2ccccc2o1. The van der Waals surface area contributed by atoms with Gasteiger partial charge in [-0.05, 0) is 31.9 Å². The molecule has 1 aliphatic carbocycles. The Kier molecular flexibility index (Phi) is 4.08. The van der Waals surface area contributed by atoms with E-state index >= 15 is 0 Å². The Balaban J connectivity index is 1.72. The van der Waals surface area contributed by atoms with Crippen LogP contribution in [-0.4, -0.2) is 17.3 Å². The zero-order valence-electron chi connectivity index (χ0n) is 12.0. The Labute approximate surface area is 120 Å². The summed E-state index contributed by atoms with van der Waals surface area (Å²) < 4.78 is 5.89. The Morgan fingerprint density at radius 3 is 2.85 bits per heavy atom. The zero-order valence-corrected chi connectivity index (χ0v) is 12.0. The van der Waals surface area contributed by atoms with E-state index in [1.807, 2.05) is 18.2 Å². The zero-order chi connectivity index (χ0) is 13.9. The van der Waals surface area contributed by atoms with Gasteiger partial charge in [0.15, 0.2) is 0 Å². The van der Waals surface area contributed by atoms with Crippen LogP contribution in [-0.2, 0) is 0 Å². The topological polar surface area (TPSA) is 45.4 Å². The Morgan fingerprint density at radius 2 is 2.00 bits per heavy atom. The number of nitrogens with one attached hydrogen (secondary N) is 1. The van der Waals surface area contributed by atoms with Gasteiger partial charge in [0.1, 0.15) is 11.3 Å². The van der Waals surface area contributed by atoms with Crippen molar-refractivity contribution in [3.05, 3.63) is 36.1 Å². The molecule has 0 aliphatic heterocycles. The lowest BCUT2D eigenvalue weighted by atomic mass is 10.0. The second-order valence-electron chi connectivity index (χ2n) is 5.89. The van der Waals surface area contributed by atoms with Crippen molar-refractivity contribution in [1.82, 2.24) is 5.32 Å². The van der Waals surface area contributed by atoms with Crippen LogP contribution in [0.15, 0.2) is 34.7 Å². The third kappa shape index (κ3) is 2.89. The second-order valence-corrected chi connectivity index (χ2v) is 5.89. The maximum atomic E-state index is 10.2. The average molecular weight is 273 g/mol. The molecule has 3 nitrogen and oxygen atoms in total. The summed E-state index contributed by atoms with van der Waals surface area (Å²) in [5.41, 5.74) is 0.928. The number of rotatable bonds is 3. The fraction of sp³-hybridized carbons (Fsp3) is 0.529. The predicted molar refractivity (Wildman–Crippen MR) is 80.6 cm³/mol. The van der Waals surface area contributed by atoms with Gasteiger partial charge in [-0.25, -0.2) is 0 Å². The van der Waals surface area contributed by atoms with Gasteiger partial charge in [0.05, 0.1) is 12.1 Å². The lowest BCUT2D eigenvalue weighted by molar-refractivity contribution is 0.113. The van der Waals surface area contributed by atoms with Crippen LogP contribution in [0.25, 0.3) is 11.0 Å². The van der Waals surface area contributed by atoms with Gasteiger partial charge in [-0.3, -0.25) is 0 Å². The van der Waals surface area contributed by atoms with Crippen molar-refractivity contribution >= 4 is 11.0 Å². The summed E-state index contributed by atoms with van der Waals surface area (Å²) >= 11 is 0. The van der Waals surface area contributed by atoms with Crippen LogP contribution in [0, 0.1) is 0 Å². The summed E-state index contributed by atoms with van der Waals surface area (Å²) in [6, 6.07) is 10.5. The third-order valence-electron chi connectivity index (χ3n) is 4.31. The summed E-state index contributed by atoms with van der Waals surface area (Å²) in [5, 5.41) is 14.9. The molecule has 0 saturated heterocycles. The minimum absolute atomic E-state index is 0.125. The van der Waals surface area contributed by atoms with Crippen molar-refractivity contribution in [2.24, 2.45) is 0 Å². The van der Waals surface area contributed by atoms with Gasteiger partial charge in [0, 0.05) is 11.4 Å². The van der Waals surface area contributed by atoms with Gasteiger partial charge in [0.25, 0.3) is 0 Å². The Hall–Kier alpha value is -1.32. The molecule has 1 saturated carbocycles. The van der Waals surface area contributed by atoms with Gasteiger partial charge in [0.2, 0.25) is 0 Å². The van der Waals surface area contributed by atoms with Crippen molar-refractivity contribution < 1.29 is 9.52 Å². The number of aliphatic hydroxyl groups is 1. The van der Waals surface area contributed by atoms with Gasteiger partial charge in [-0.2, -0.15) is 0 Å². The van der Waals surface area contributed by atoms with Crippen molar-refractivity contribution in [3.8, 4) is 0 Å². The van der Waals surface area contributed by atoms with E-state index in [1.165, 1.54) is 12.8 Å². The van der Waals surface area contributed by atoms with Gasteiger partial charge in [-0.1, -0.05) is 37.5 Å². The molecule has 3 unspecified atom stereocenters. The van der Waals surface area contributed by atoms with Gasteiger partial charge < -0.3 is 14.8 Å². The highest BCUT2D eigenvalue weighted by molar-refractivity contribution is 5.77. The quantitative estimate of drug-likeness (QED) is 0.837. The third-order valence-corrected chi connectivity index (χ3v) is 4.31. The number of furan rings is 1. The number of fused-ring (bicyclic) bond motifs is 1. The molecule has 0 spiro atoms. The number of hydrogen-bond acceptors (Lipinski definition) is 3. The van der Waals surface area contributed by atoms with Gasteiger partial charge >= 0.3 is 0 Å². The van der Waals surface area contributed by atoms with Crippen molar-refractivity contribution in [2.45, 2.75) is 57.2 Å². The molecular weight excluding hydrogens is 250 g/mol. The molecule has 3 rings (SSSR count). The number of para-hydroxylation sites is 1. The van der Waals surface area contributed by atoms with Crippen LogP contribution in [0.1, 0.15) is 50.8 Å². The number of benzene rings is 1. The molecule has 1 heterocycles. The summed E-state index contributed by atoms with van der Waals surface area (Å²) in [5.74, 6) is 0.947. The van der Waals surface area contributed by atoms with E-state index in [1.54, 1.807) is 0 Å². The molecule has 0 bridgehead atoms. The molecule has 0 amide bonds. The molecule has 3 atom stereocenters. The lowest BCUT2D eigenvalue weighted by Crippen LogP contribution is -2.40. The van der Waals surface area contributed by atoms with Crippen LogP contribution in [0.4, 0.5) is 0 Å². The van der Waals surface area contributed by atoms with Crippen LogP contribution < -0.4 is 5.32 Å².